The third-order valence-corrected chi connectivity index (χ3v) is 3.60. The van der Waals surface area contributed by atoms with Crippen molar-refractivity contribution >= 4 is 23.0 Å². The normalized spacial score (nSPS) is 10.6. The maximum absolute atomic E-state index is 11.0. The van der Waals surface area contributed by atoms with Gasteiger partial charge in [-0.15, -0.1) is 0 Å². The molecule has 0 aliphatic rings. The quantitative estimate of drug-likeness (QED) is 0.151. The highest BCUT2D eigenvalue weighted by Crippen LogP contribution is 2.28. The Morgan fingerprint density at radius 2 is 1.35 bits per heavy atom. The number of ether oxygens (including phenoxy) is 5. The third-order valence-electron chi connectivity index (χ3n) is 3.60. The first-order valence-electron chi connectivity index (χ1n) is 9.53. The summed E-state index contributed by atoms with van der Waals surface area (Å²) in [5.74, 6) is -0.342. The molecule has 0 amide bonds. The lowest BCUT2D eigenvalue weighted by molar-refractivity contribution is -0.393. The van der Waals surface area contributed by atoms with Gasteiger partial charge < -0.3 is 29.0 Å². The zero-order valence-corrected chi connectivity index (χ0v) is 17.3. The monoisotopic (exact) mass is 445 g/mol. The Morgan fingerprint density at radius 1 is 0.839 bits per heavy atom. The Kier molecular flexibility index (Phi) is 13.4. The van der Waals surface area contributed by atoms with E-state index in [-0.39, 0.29) is 36.2 Å². The summed E-state index contributed by atoms with van der Waals surface area (Å²) in [6, 6.07) is 3.40. The van der Waals surface area contributed by atoms with Gasteiger partial charge in [0.15, 0.2) is 0 Å². The zero-order chi connectivity index (χ0) is 22.9. The highest BCUT2D eigenvalue weighted by molar-refractivity contribution is 5.66. The van der Waals surface area contributed by atoms with Gasteiger partial charge in [0.05, 0.1) is 68.8 Å². The van der Waals surface area contributed by atoms with Gasteiger partial charge in [0.2, 0.25) is 0 Å². The number of nitrogens with zero attached hydrogens (tertiary/aromatic N) is 2. The second-order valence-electron chi connectivity index (χ2n) is 5.93. The van der Waals surface area contributed by atoms with Gasteiger partial charge >= 0.3 is 5.97 Å². The molecule has 0 saturated heterocycles. The van der Waals surface area contributed by atoms with Crippen molar-refractivity contribution in [1.82, 2.24) is 0 Å². The molecular weight excluding hydrogens is 418 g/mol. The number of carbonyl (C=O) groups excluding carboxylic acids is 1. The molecular formula is C18H27N3O10. The molecule has 13 nitrogen and oxygen atoms in total. The van der Waals surface area contributed by atoms with Crippen molar-refractivity contribution in [2.45, 2.75) is 6.92 Å². The van der Waals surface area contributed by atoms with Gasteiger partial charge in [-0.2, -0.15) is 0 Å². The highest BCUT2D eigenvalue weighted by atomic mass is 16.6. The molecule has 0 aliphatic heterocycles. The molecule has 31 heavy (non-hydrogen) atoms. The standard InChI is InChI=1S/C18H27N3O10/c1-15(22)31-13-12-30-11-10-29-9-8-28-7-6-27-5-4-19-17-3-2-16(20(23)24)14-18(17)21(25)26/h2-3,14,19H,4-13H2,1H3. The number of rotatable bonds is 18. The number of non-ortho nitro benzene ring substituents is 1. The molecule has 1 N–H and O–H groups in total. The Balaban J connectivity index is 1.99. The summed E-state index contributed by atoms with van der Waals surface area (Å²) in [6.45, 7) is 4.73. The fraction of sp³-hybridized carbons (Fsp3) is 0.611. The number of nitro groups is 2. The summed E-state index contributed by atoms with van der Waals surface area (Å²) in [6.07, 6.45) is 0. The molecule has 0 fully saturated rings. The van der Waals surface area contributed by atoms with Crippen LogP contribution in [0.4, 0.5) is 17.1 Å². The molecule has 1 rings (SSSR count). The Morgan fingerprint density at radius 3 is 1.84 bits per heavy atom. The molecule has 0 unspecified atom stereocenters. The lowest BCUT2D eigenvalue weighted by Gasteiger charge is -2.09. The van der Waals surface area contributed by atoms with Gasteiger partial charge in [-0.1, -0.05) is 0 Å². The predicted octanol–water partition coefficient (Wildman–Crippen LogP) is 1.54. The molecule has 0 spiro atoms. The first-order valence-corrected chi connectivity index (χ1v) is 9.53. The predicted molar refractivity (Wildman–Crippen MR) is 108 cm³/mol. The lowest BCUT2D eigenvalue weighted by atomic mass is 10.2. The van der Waals surface area contributed by atoms with E-state index < -0.39 is 9.85 Å². The maximum atomic E-state index is 11.0. The summed E-state index contributed by atoms with van der Waals surface area (Å²) in [5, 5.41) is 24.6. The molecule has 0 aromatic heterocycles. The molecule has 174 valence electrons. The van der Waals surface area contributed by atoms with Crippen molar-refractivity contribution in [2.24, 2.45) is 0 Å². The first kappa shape index (κ1) is 26.2. The Hall–Kier alpha value is -2.87. The molecule has 1 aromatic rings. The van der Waals surface area contributed by atoms with Crippen LogP contribution in [0.5, 0.6) is 0 Å². The van der Waals surface area contributed by atoms with Crippen LogP contribution in [0.2, 0.25) is 0 Å². The van der Waals surface area contributed by atoms with Gasteiger partial charge in [0.1, 0.15) is 12.3 Å². The number of nitrogens with one attached hydrogen (secondary N) is 1. The van der Waals surface area contributed by atoms with E-state index in [4.69, 9.17) is 23.7 Å². The highest BCUT2D eigenvalue weighted by Gasteiger charge is 2.18. The number of benzene rings is 1. The van der Waals surface area contributed by atoms with Crippen LogP contribution in [-0.2, 0) is 28.5 Å². The minimum absolute atomic E-state index is 0.183. The van der Waals surface area contributed by atoms with Crippen LogP contribution in [0.25, 0.3) is 0 Å². The summed E-state index contributed by atoms with van der Waals surface area (Å²) >= 11 is 0. The average molecular weight is 445 g/mol. The van der Waals surface area contributed by atoms with E-state index in [1.165, 1.54) is 19.1 Å². The minimum Gasteiger partial charge on any atom is -0.463 e. The number of nitro benzene ring substituents is 2. The van der Waals surface area contributed by atoms with Crippen molar-refractivity contribution in [2.75, 3.05) is 71.3 Å². The summed E-state index contributed by atoms with van der Waals surface area (Å²) < 4.78 is 25.9. The molecule has 0 saturated carbocycles. The van der Waals surface area contributed by atoms with Crippen LogP contribution in [-0.4, -0.2) is 81.8 Å². The van der Waals surface area contributed by atoms with E-state index in [0.717, 1.165) is 6.07 Å². The fourth-order valence-corrected chi connectivity index (χ4v) is 2.20. The molecule has 1 aromatic carbocycles. The molecule has 0 atom stereocenters. The van der Waals surface area contributed by atoms with Gasteiger partial charge in [-0.05, 0) is 6.07 Å². The summed E-state index contributed by atoms with van der Waals surface area (Å²) in [5.41, 5.74) is -0.531. The molecule has 13 heteroatoms. The van der Waals surface area contributed by atoms with E-state index in [9.17, 15) is 25.0 Å². The summed E-state index contributed by atoms with van der Waals surface area (Å²) in [4.78, 5) is 30.9. The van der Waals surface area contributed by atoms with Crippen LogP contribution in [0.3, 0.4) is 0 Å². The molecule has 0 bridgehead atoms. The number of carbonyl (C=O) groups is 1. The number of hydrogen-bond donors (Lipinski definition) is 1. The Bertz CT molecular complexity index is 701. The van der Waals surface area contributed by atoms with Crippen molar-refractivity contribution in [3.05, 3.63) is 38.4 Å². The number of hydrogen-bond acceptors (Lipinski definition) is 11. The van der Waals surface area contributed by atoms with Crippen LogP contribution in [0.15, 0.2) is 18.2 Å². The smallest absolute Gasteiger partial charge is 0.302 e. The molecule has 0 heterocycles. The van der Waals surface area contributed by atoms with Crippen LogP contribution in [0, 0.1) is 20.2 Å². The van der Waals surface area contributed by atoms with Crippen LogP contribution in [0.1, 0.15) is 6.92 Å². The number of anilines is 1. The van der Waals surface area contributed by atoms with E-state index in [1.807, 2.05) is 0 Å². The minimum atomic E-state index is -0.688. The van der Waals surface area contributed by atoms with Crippen molar-refractivity contribution in [3.8, 4) is 0 Å². The Labute approximate surface area is 178 Å². The average Bonchev–Trinajstić information content (AvgIpc) is 2.73. The number of esters is 1. The van der Waals surface area contributed by atoms with E-state index >= 15 is 0 Å². The summed E-state index contributed by atoms with van der Waals surface area (Å²) in [7, 11) is 0. The maximum Gasteiger partial charge on any atom is 0.302 e. The molecule has 0 radical (unpaired) electrons. The van der Waals surface area contributed by atoms with Crippen molar-refractivity contribution in [3.63, 3.8) is 0 Å². The van der Waals surface area contributed by atoms with E-state index in [1.54, 1.807) is 0 Å². The van der Waals surface area contributed by atoms with Crippen molar-refractivity contribution in [1.29, 1.82) is 0 Å². The van der Waals surface area contributed by atoms with E-state index in [2.05, 4.69) is 5.32 Å². The lowest BCUT2D eigenvalue weighted by Crippen LogP contribution is -2.15. The zero-order valence-electron chi connectivity index (χ0n) is 17.3. The van der Waals surface area contributed by atoms with Gasteiger partial charge in [-0.25, -0.2) is 0 Å². The fourth-order valence-electron chi connectivity index (χ4n) is 2.20. The van der Waals surface area contributed by atoms with Crippen molar-refractivity contribution < 1.29 is 38.3 Å². The van der Waals surface area contributed by atoms with Gasteiger partial charge in [0, 0.05) is 19.5 Å². The largest absolute Gasteiger partial charge is 0.463 e. The molecule has 0 aliphatic carbocycles. The third kappa shape index (κ3) is 12.4. The van der Waals surface area contributed by atoms with Gasteiger partial charge in [0.25, 0.3) is 11.4 Å². The topological polar surface area (TPSA) is 162 Å². The SMILES string of the molecule is CC(=O)OCCOCCOCCOCCOCCNc1ccc([N+](=O)[O-])cc1[N+](=O)[O-]. The van der Waals surface area contributed by atoms with Gasteiger partial charge in [-0.3, -0.25) is 25.0 Å². The second-order valence-corrected chi connectivity index (χ2v) is 5.93. The second kappa shape index (κ2) is 15.9. The van der Waals surface area contributed by atoms with E-state index in [0.29, 0.717) is 52.8 Å². The van der Waals surface area contributed by atoms with Crippen LogP contribution < -0.4 is 5.32 Å². The van der Waals surface area contributed by atoms with Crippen LogP contribution >= 0.6 is 0 Å². The first-order chi connectivity index (χ1) is 14.9.